The van der Waals surface area contributed by atoms with Crippen molar-refractivity contribution in [3.8, 4) is 0 Å². The van der Waals surface area contributed by atoms with Crippen molar-refractivity contribution < 1.29 is 9.90 Å². The van der Waals surface area contributed by atoms with Crippen molar-refractivity contribution in [2.75, 3.05) is 13.1 Å². The van der Waals surface area contributed by atoms with Crippen molar-refractivity contribution in [2.45, 2.75) is 38.8 Å². The Morgan fingerprint density at radius 2 is 2.47 bits per heavy atom. The van der Waals surface area contributed by atoms with Crippen LogP contribution in [-0.2, 0) is 11.3 Å². The van der Waals surface area contributed by atoms with Gasteiger partial charge in [-0.3, -0.25) is 14.4 Å². The SMILES string of the molecule is CCCn1nccc1C1CCCN1CC(=O)O. The second-order valence-corrected chi connectivity index (χ2v) is 4.50. The number of carboxylic acid groups (broad SMARTS) is 1. The van der Waals surface area contributed by atoms with Gasteiger partial charge in [0.2, 0.25) is 0 Å². The van der Waals surface area contributed by atoms with Gasteiger partial charge >= 0.3 is 5.97 Å². The molecular weight excluding hydrogens is 218 g/mol. The highest BCUT2D eigenvalue weighted by Gasteiger charge is 2.29. The Kier molecular flexibility index (Phi) is 3.78. The smallest absolute Gasteiger partial charge is 0.317 e. The number of likely N-dealkylation sites (tertiary alicyclic amines) is 1. The average Bonchev–Trinajstić information content (AvgIpc) is 2.86. The van der Waals surface area contributed by atoms with Gasteiger partial charge in [-0.15, -0.1) is 0 Å². The lowest BCUT2D eigenvalue weighted by Crippen LogP contribution is -2.30. The molecule has 1 atom stereocenters. The molecule has 5 heteroatoms. The fourth-order valence-corrected chi connectivity index (χ4v) is 2.55. The fourth-order valence-electron chi connectivity index (χ4n) is 2.55. The van der Waals surface area contributed by atoms with Gasteiger partial charge in [0.15, 0.2) is 0 Å². The highest BCUT2D eigenvalue weighted by atomic mass is 16.4. The van der Waals surface area contributed by atoms with E-state index in [0.717, 1.165) is 38.0 Å². The number of aliphatic carboxylic acids is 1. The van der Waals surface area contributed by atoms with Crippen LogP contribution in [0.1, 0.15) is 37.9 Å². The summed E-state index contributed by atoms with van der Waals surface area (Å²) in [6, 6.07) is 2.24. The topological polar surface area (TPSA) is 58.4 Å². The zero-order chi connectivity index (χ0) is 12.3. The van der Waals surface area contributed by atoms with Gasteiger partial charge in [-0.05, 0) is 31.9 Å². The summed E-state index contributed by atoms with van der Waals surface area (Å²) in [5.74, 6) is -0.751. The van der Waals surface area contributed by atoms with Crippen molar-refractivity contribution in [1.29, 1.82) is 0 Å². The molecule has 1 aliphatic rings. The van der Waals surface area contributed by atoms with E-state index in [4.69, 9.17) is 5.11 Å². The number of hydrogen-bond acceptors (Lipinski definition) is 3. The normalized spacial score (nSPS) is 20.9. The number of rotatable bonds is 5. The third-order valence-corrected chi connectivity index (χ3v) is 3.23. The van der Waals surface area contributed by atoms with E-state index >= 15 is 0 Å². The van der Waals surface area contributed by atoms with Crippen molar-refractivity contribution in [3.05, 3.63) is 18.0 Å². The lowest BCUT2D eigenvalue weighted by atomic mass is 10.1. The van der Waals surface area contributed by atoms with Crippen molar-refractivity contribution in [3.63, 3.8) is 0 Å². The Bertz CT molecular complexity index is 389. The molecule has 0 amide bonds. The van der Waals surface area contributed by atoms with Crippen LogP contribution in [0.2, 0.25) is 0 Å². The van der Waals surface area contributed by atoms with Gasteiger partial charge in [-0.2, -0.15) is 5.10 Å². The van der Waals surface area contributed by atoms with Gasteiger partial charge in [0, 0.05) is 12.7 Å². The van der Waals surface area contributed by atoms with Crippen LogP contribution in [0.15, 0.2) is 12.3 Å². The van der Waals surface area contributed by atoms with Gasteiger partial charge in [-0.25, -0.2) is 0 Å². The van der Waals surface area contributed by atoms with Gasteiger partial charge in [0.25, 0.3) is 0 Å². The molecule has 0 radical (unpaired) electrons. The van der Waals surface area contributed by atoms with E-state index in [1.54, 1.807) is 0 Å². The molecule has 2 heterocycles. The third kappa shape index (κ3) is 2.66. The Hall–Kier alpha value is -1.36. The number of hydrogen-bond donors (Lipinski definition) is 1. The quantitative estimate of drug-likeness (QED) is 0.843. The molecule has 0 bridgehead atoms. The van der Waals surface area contributed by atoms with E-state index in [1.165, 1.54) is 0 Å². The summed E-state index contributed by atoms with van der Waals surface area (Å²) in [5, 5.41) is 13.2. The Morgan fingerprint density at radius 3 is 3.18 bits per heavy atom. The lowest BCUT2D eigenvalue weighted by Gasteiger charge is -2.23. The van der Waals surface area contributed by atoms with Crippen LogP contribution in [-0.4, -0.2) is 38.8 Å². The second-order valence-electron chi connectivity index (χ2n) is 4.50. The molecule has 0 spiro atoms. The van der Waals surface area contributed by atoms with Gasteiger partial charge in [0.05, 0.1) is 18.3 Å². The maximum atomic E-state index is 10.8. The molecule has 0 saturated carbocycles. The Labute approximate surface area is 101 Å². The molecule has 1 saturated heterocycles. The van der Waals surface area contributed by atoms with Crippen LogP contribution in [0.3, 0.4) is 0 Å². The van der Waals surface area contributed by atoms with E-state index in [9.17, 15) is 4.79 Å². The molecular formula is C12H19N3O2. The summed E-state index contributed by atoms with van der Waals surface area (Å²) in [4.78, 5) is 12.9. The van der Waals surface area contributed by atoms with E-state index in [1.807, 2.05) is 21.8 Å². The van der Waals surface area contributed by atoms with Crippen LogP contribution in [0.5, 0.6) is 0 Å². The summed E-state index contributed by atoms with van der Waals surface area (Å²) < 4.78 is 2.00. The highest BCUT2D eigenvalue weighted by Crippen LogP contribution is 2.31. The maximum Gasteiger partial charge on any atom is 0.317 e. The highest BCUT2D eigenvalue weighted by molar-refractivity contribution is 5.69. The molecule has 1 fully saturated rings. The van der Waals surface area contributed by atoms with Crippen LogP contribution >= 0.6 is 0 Å². The molecule has 0 aromatic carbocycles. The number of nitrogens with zero attached hydrogens (tertiary/aromatic N) is 3. The number of aromatic nitrogens is 2. The summed E-state index contributed by atoms with van der Waals surface area (Å²) in [6.07, 6.45) is 4.94. The first-order valence-corrected chi connectivity index (χ1v) is 6.20. The number of carboxylic acids is 1. The van der Waals surface area contributed by atoms with Gasteiger partial charge in [-0.1, -0.05) is 6.92 Å². The van der Waals surface area contributed by atoms with Crippen molar-refractivity contribution >= 4 is 5.97 Å². The monoisotopic (exact) mass is 237 g/mol. The number of carbonyl (C=O) groups is 1. The predicted octanol–water partition coefficient (Wildman–Crippen LogP) is 1.51. The molecule has 0 aliphatic carbocycles. The largest absolute Gasteiger partial charge is 0.480 e. The van der Waals surface area contributed by atoms with Crippen LogP contribution in [0.25, 0.3) is 0 Å². The third-order valence-electron chi connectivity index (χ3n) is 3.23. The first-order chi connectivity index (χ1) is 8.22. The summed E-state index contributed by atoms with van der Waals surface area (Å²) in [6.45, 7) is 4.02. The van der Waals surface area contributed by atoms with Crippen molar-refractivity contribution in [1.82, 2.24) is 14.7 Å². The number of aryl methyl sites for hydroxylation is 1. The summed E-state index contributed by atoms with van der Waals surface area (Å²) >= 11 is 0. The minimum atomic E-state index is -0.751. The minimum Gasteiger partial charge on any atom is -0.480 e. The molecule has 2 rings (SSSR count). The molecule has 5 nitrogen and oxygen atoms in total. The van der Waals surface area contributed by atoms with E-state index in [2.05, 4.69) is 12.0 Å². The minimum absolute atomic E-state index is 0.127. The van der Waals surface area contributed by atoms with E-state index < -0.39 is 5.97 Å². The Balaban J connectivity index is 2.14. The van der Waals surface area contributed by atoms with Crippen LogP contribution in [0, 0.1) is 0 Å². The first-order valence-electron chi connectivity index (χ1n) is 6.20. The average molecular weight is 237 g/mol. The fraction of sp³-hybridized carbons (Fsp3) is 0.667. The maximum absolute atomic E-state index is 10.8. The molecule has 1 N–H and O–H groups in total. The van der Waals surface area contributed by atoms with Crippen molar-refractivity contribution in [2.24, 2.45) is 0 Å². The van der Waals surface area contributed by atoms with Crippen LogP contribution < -0.4 is 0 Å². The lowest BCUT2D eigenvalue weighted by molar-refractivity contribution is -0.138. The molecule has 1 aliphatic heterocycles. The predicted molar refractivity (Wildman–Crippen MR) is 63.7 cm³/mol. The zero-order valence-electron chi connectivity index (χ0n) is 10.2. The Morgan fingerprint density at radius 1 is 1.65 bits per heavy atom. The standard InChI is InChI=1S/C12H19N3O2/c1-2-7-15-11(5-6-13-15)10-4-3-8-14(10)9-12(16)17/h5-6,10H,2-4,7-9H2,1H3,(H,16,17). The van der Waals surface area contributed by atoms with Gasteiger partial charge in [0.1, 0.15) is 0 Å². The van der Waals surface area contributed by atoms with E-state index in [-0.39, 0.29) is 12.6 Å². The molecule has 1 aromatic heterocycles. The molecule has 94 valence electrons. The summed E-state index contributed by atoms with van der Waals surface area (Å²) in [7, 11) is 0. The molecule has 17 heavy (non-hydrogen) atoms. The summed E-state index contributed by atoms with van der Waals surface area (Å²) in [5.41, 5.74) is 1.16. The van der Waals surface area contributed by atoms with Gasteiger partial charge < -0.3 is 5.11 Å². The first kappa shape index (κ1) is 12.1. The van der Waals surface area contributed by atoms with Crippen LogP contribution in [0.4, 0.5) is 0 Å². The second kappa shape index (κ2) is 5.31. The molecule has 1 unspecified atom stereocenters. The van der Waals surface area contributed by atoms with E-state index in [0.29, 0.717) is 0 Å². The zero-order valence-corrected chi connectivity index (χ0v) is 10.2. The molecule has 1 aromatic rings.